The fourth-order valence-electron chi connectivity index (χ4n) is 1.36. The maximum Gasteiger partial charge on any atom is 0.321 e. The summed E-state index contributed by atoms with van der Waals surface area (Å²) >= 11 is 0. The summed E-state index contributed by atoms with van der Waals surface area (Å²) in [6.07, 6.45) is 0.718. The third-order valence-electron chi connectivity index (χ3n) is 2.08. The van der Waals surface area contributed by atoms with E-state index in [0.717, 1.165) is 6.42 Å². The monoisotopic (exact) mass is 251 g/mol. The second-order valence-electron chi connectivity index (χ2n) is 3.52. The molecule has 0 aromatic rings. The van der Waals surface area contributed by atoms with Crippen LogP contribution < -0.4 is 5.32 Å². The van der Waals surface area contributed by atoms with Gasteiger partial charge in [0.1, 0.15) is 5.75 Å². The van der Waals surface area contributed by atoms with Crippen LogP contribution in [0.15, 0.2) is 0 Å². The standard InChI is InChI=1S/C10H21NO4S/c1-4-9(11-5-2)7-16(13,14)8-10(12)15-6-3/h9,11H,4-8H2,1-3H3. The number of carbonyl (C=O) groups excluding carboxylic acids is 1. The van der Waals surface area contributed by atoms with Crippen LogP contribution in [0.5, 0.6) is 0 Å². The normalized spacial score (nSPS) is 13.4. The molecule has 0 saturated heterocycles. The molecule has 0 aliphatic carbocycles. The Morgan fingerprint density at radius 2 is 1.94 bits per heavy atom. The number of esters is 1. The highest BCUT2D eigenvalue weighted by molar-refractivity contribution is 7.92. The molecule has 0 fully saturated rings. The number of hydrogen-bond donors (Lipinski definition) is 1. The molecule has 0 aliphatic rings. The molecule has 0 amide bonds. The molecule has 1 N–H and O–H groups in total. The SMILES string of the molecule is CCNC(CC)CS(=O)(=O)CC(=O)OCC. The van der Waals surface area contributed by atoms with E-state index < -0.39 is 21.6 Å². The van der Waals surface area contributed by atoms with Crippen LogP contribution in [-0.2, 0) is 19.4 Å². The smallest absolute Gasteiger partial charge is 0.321 e. The molecule has 0 saturated carbocycles. The quantitative estimate of drug-likeness (QED) is 0.630. The van der Waals surface area contributed by atoms with Gasteiger partial charge in [0.25, 0.3) is 0 Å². The van der Waals surface area contributed by atoms with Crippen molar-refractivity contribution in [3.05, 3.63) is 0 Å². The van der Waals surface area contributed by atoms with Crippen LogP contribution in [0.1, 0.15) is 27.2 Å². The minimum atomic E-state index is -3.37. The topological polar surface area (TPSA) is 72.5 Å². The van der Waals surface area contributed by atoms with Crippen LogP contribution >= 0.6 is 0 Å². The summed E-state index contributed by atoms with van der Waals surface area (Å²) in [4.78, 5) is 11.1. The molecule has 16 heavy (non-hydrogen) atoms. The van der Waals surface area contributed by atoms with Gasteiger partial charge in [-0.15, -0.1) is 0 Å². The molecule has 0 radical (unpaired) electrons. The first-order valence-electron chi connectivity index (χ1n) is 5.54. The summed E-state index contributed by atoms with van der Waals surface area (Å²) in [5.41, 5.74) is 0. The Balaban J connectivity index is 4.27. The maximum absolute atomic E-state index is 11.6. The van der Waals surface area contributed by atoms with Crippen molar-refractivity contribution >= 4 is 15.8 Å². The molecular formula is C10H21NO4S. The van der Waals surface area contributed by atoms with E-state index in [-0.39, 0.29) is 18.4 Å². The lowest BCUT2D eigenvalue weighted by atomic mass is 10.2. The lowest BCUT2D eigenvalue weighted by Crippen LogP contribution is -2.37. The van der Waals surface area contributed by atoms with Gasteiger partial charge in [0.2, 0.25) is 0 Å². The van der Waals surface area contributed by atoms with Crippen LogP contribution in [0, 0.1) is 0 Å². The Kier molecular flexibility index (Phi) is 7.33. The molecule has 0 spiro atoms. The Morgan fingerprint density at radius 3 is 2.38 bits per heavy atom. The van der Waals surface area contributed by atoms with Gasteiger partial charge in [-0.25, -0.2) is 8.42 Å². The lowest BCUT2D eigenvalue weighted by Gasteiger charge is -2.15. The Bertz CT molecular complexity index is 300. The largest absolute Gasteiger partial charge is 0.465 e. The number of ether oxygens (including phenoxy) is 1. The van der Waals surface area contributed by atoms with Crippen molar-refractivity contribution in [1.82, 2.24) is 5.32 Å². The molecule has 5 nitrogen and oxygen atoms in total. The van der Waals surface area contributed by atoms with Gasteiger partial charge in [-0.05, 0) is 19.9 Å². The summed E-state index contributed by atoms with van der Waals surface area (Å²) in [6.45, 7) is 6.40. The first kappa shape index (κ1) is 15.4. The third-order valence-corrected chi connectivity index (χ3v) is 3.67. The highest BCUT2D eigenvalue weighted by Gasteiger charge is 2.21. The fourth-order valence-corrected chi connectivity index (χ4v) is 2.88. The van der Waals surface area contributed by atoms with Crippen molar-refractivity contribution in [3.8, 4) is 0 Å². The van der Waals surface area contributed by atoms with E-state index in [1.54, 1.807) is 6.92 Å². The van der Waals surface area contributed by atoms with E-state index in [1.807, 2.05) is 13.8 Å². The number of hydrogen-bond acceptors (Lipinski definition) is 5. The zero-order chi connectivity index (χ0) is 12.6. The van der Waals surface area contributed by atoms with Gasteiger partial charge < -0.3 is 10.1 Å². The fraction of sp³-hybridized carbons (Fsp3) is 0.900. The van der Waals surface area contributed by atoms with E-state index in [1.165, 1.54) is 0 Å². The Morgan fingerprint density at radius 1 is 1.31 bits per heavy atom. The molecule has 0 bridgehead atoms. The predicted molar refractivity (Wildman–Crippen MR) is 63.0 cm³/mol. The van der Waals surface area contributed by atoms with Crippen LogP contribution in [0.2, 0.25) is 0 Å². The molecule has 0 aromatic heterocycles. The van der Waals surface area contributed by atoms with E-state index in [0.29, 0.717) is 6.54 Å². The number of nitrogens with one attached hydrogen (secondary N) is 1. The summed E-state index contributed by atoms with van der Waals surface area (Å²) in [6, 6.07) is -0.0931. The molecule has 0 rings (SSSR count). The van der Waals surface area contributed by atoms with E-state index in [4.69, 9.17) is 0 Å². The highest BCUT2D eigenvalue weighted by Crippen LogP contribution is 2.00. The zero-order valence-corrected chi connectivity index (χ0v) is 11.0. The summed E-state index contributed by atoms with van der Waals surface area (Å²) < 4.78 is 27.9. The average Bonchev–Trinajstić information content (AvgIpc) is 2.16. The molecule has 96 valence electrons. The second-order valence-corrected chi connectivity index (χ2v) is 5.63. The van der Waals surface area contributed by atoms with Gasteiger partial charge in [0, 0.05) is 6.04 Å². The third kappa shape index (κ3) is 6.79. The molecule has 0 aromatic carbocycles. The van der Waals surface area contributed by atoms with E-state index in [2.05, 4.69) is 10.1 Å². The van der Waals surface area contributed by atoms with Gasteiger partial charge in [-0.2, -0.15) is 0 Å². The molecule has 0 heterocycles. The number of carbonyl (C=O) groups is 1. The predicted octanol–water partition coefficient (Wildman–Crippen LogP) is 0.352. The Hall–Kier alpha value is -0.620. The van der Waals surface area contributed by atoms with Crippen molar-refractivity contribution in [1.29, 1.82) is 0 Å². The first-order chi connectivity index (χ1) is 7.45. The maximum atomic E-state index is 11.6. The highest BCUT2D eigenvalue weighted by atomic mass is 32.2. The lowest BCUT2D eigenvalue weighted by molar-refractivity contribution is -0.139. The van der Waals surface area contributed by atoms with Crippen LogP contribution in [0.25, 0.3) is 0 Å². The first-order valence-corrected chi connectivity index (χ1v) is 7.36. The van der Waals surface area contributed by atoms with Crippen molar-refractivity contribution in [3.63, 3.8) is 0 Å². The Labute approximate surface area is 97.5 Å². The zero-order valence-electron chi connectivity index (χ0n) is 10.2. The van der Waals surface area contributed by atoms with Crippen molar-refractivity contribution in [2.45, 2.75) is 33.2 Å². The number of rotatable bonds is 8. The van der Waals surface area contributed by atoms with Crippen molar-refractivity contribution in [2.24, 2.45) is 0 Å². The van der Waals surface area contributed by atoms with Crippen LogP contribution in [0.3, 0.4) is 0 Å². The summed E-state index contributed by atoms with van der Waals surface area (Å²) in [5.74, 6) is -1.22. The molecular weight excluding hydrogens is 230 g/mol. The van der Waals surface area contributed by atoms with Gasteiger partial charge in [0.05, 0.1) is 12.4 Å². The van der Waals surface area contributed by atoms with Gasteiger partial charge in [0.15, 0.2) is 9.84 Å². The summed E-state index contributed by atoms with van der Waals surface area (Å²) in [7, 11) is -3.37. The van der Waals surface area contributed by atoms with E-state index in [9.17, 15) is 13.2 Å². The van der Waals surface area contributed by atoms with Crippen LogP contribution in [0.4, 0.5) is 0 Å². The molecule has 6 heteroatoms. The van der Waals surface area contributed by atoms with Gasteiger partial charge in [-0.1, -0.05) is 13.8 Å². The van der Waals surface area contributed by atoms with Gasteiger partial charge >= 0.3 is 5.97 Å². The van der Waals surface area contributed by atoms with Crippen molar-refractivity contribution < 1.29 is 17.9 Å². The van der Waals surface area contributed by atoms with Gasteiger partial charge in [-0.3, -0.25) is 4.79 Å². The number of sulfone groups is 1. The second kappa shape index (κ2) is 7.62. The average molecular weight is 251 g/mol. The minimum absolute atomic E-state index is 0.0177. The minimum Gasteiger partial charge on any atom is -0.465 e. The van der Waals surface area contributed by atoms with Crippen molar-refractivity contribution in [2.75, 3.05) is 24.7 Å². The van der Waals surface area contributed by atoms with Crippen LogP contribution in [-0.4, -0.2) is 45.1 Å². The molecule has 1 atom stereocenters. The molecule has 0 aliphatic heterocycles. The van der Waals surface area contributed by atoms with E-state index >= 15 is 0 Å². The molecule has 1 unspecified atom stereocenters. The summed E-state index contributed by atoms with van der Waals surface area (Å²) in [5, 5.41) is 3.06.